The number of nitrogens with one attached hydrogen (secondary N) is 17. The highest BCUT2D eigenvalue weighted by atomic mass is 32.1. The van der Waals surface area contributed by atoms with E-state index >= 15 is 0 Å². The average molecular weight is 2000 g/mol. The summed E-state index contributed by atoms with van der Waals surface area (Å²) >= 11 is 8.41. The molecular weight excluding hydrogens is 1860 g/mol. The third-order valence-corrected chi connectivity index (χ3v) is 22.4. The summed E-state index contributed by atoms with van der Waals surface area (Å²) in [5.74, 6) is -29.7. The van der Waals surface area contributed by atoms with E-state index < -0.39 is 308 Å². The maximum Gasteiger partial charge on any atom is 0.326 e. The summed E-state index contributed by atoms with van der Waals surface area (Å²) in [5.41, 5.74) is 36.1. The van der Waals surface area contributed by atoms with Gasteiger partial charge in [-0.2, -0.15) is 25.3 Å². The molecule has 52 heteroatoms. The molecule has 2 heterocycles. The SMILES string of the molecule is CC(C)C[C@H](NC(=O)[C@H](CC(C)C)NC(=O)[C@H](CC(N)=O)NC(=O)[C@H](CS)NC(=O)[C@@H](NC(=O)[C@H](Cc1c[nH]c2ccccc12)NC(=O)[C@H](CCC(N)=O)NC(=O)[C@H](CC(=O)O)NC(=O)[C@H](CCCCN)NC(=O)[C@H](CCCCN)NC(=O)[C@H](CC(N)=O)NC(=O)[C@H](CCC(=O)O)NC(=O)[C@H](CS)NC(=O)[C@@H](NC(=O)[C@H](Cc1c[nH]c2ccccc12)NC(=O)[C@@H](N)CC(=O)O)C(C)C)[C@@H](C)O)C(=O)O. The number of carboxylic acids is 4. The van der Waals surface area contributed by atoms with E-state index in [1.165, 1.54) is 20.0 Å². The number of amides is 18. The fourth-order valence-corrected chi connectivity index (χ4v) is 14.8. The largest absolute Gasteiger partial charge is 0.481 e. The van der Waals surface area contributed by atoms with Crippen molar-refractivity contribution in [3.8, 4) is 0 Å². The second kappa shape index (κ2) is 58.9. The number of aromatic amines is 2. The van der Waals surface area contributed by atoms with Gasteiger partial charge in [0.1, 0.15) is 90.6 Å². The molecule has 4 aromatic rings. The summed E-state index contributed by atoms with van der Waals surface area (Å²) in [6, 6.07) is -14.8. The standard InChI is InChI=1S/C87H131N23O27S2/c1-40(2)28-55(77(126)106-61(87(136)137)29-41(3)4)101-79(128)59(34-66(93)114)104-84(133)63(39-139)108-86(135)71(43(7)111)110-82(131)57(31-45-37-95-50-19-11-9-17-47(45)50)102-75(124)53(22-24-64(91)112)98-80(129)60(35-69(119)120)105-74(123)52(21-13-15-27-89)96-73(122)51(20-12-14-26-88)97-78(127)58(33-65(92)113)103-76(125)54(23-25-67(115)116)99-83(132)62(38-138)107-85(134)70(42(5)6)109-81(130)56(100-72(121)48(90)32-68(117)118)30-44-36-94-49-18-10-8-16-46(44)49/h8-11,16-19,36-37,40-43,48,51-63,70-71,94-95,111,138-139H,12-15,20-35,38-39,88-90H2,1-7H3,(H2,91,112)(H2,92,113)(H2,93,114)(H,96,122)(H,97,127)(H,98,129)(H,99,132)(H,100,121)(H,101,128)(H,102,124)(H,103,125)(H,104,133)(H,105,123)(H,106,126)(H,107,134)(H,108,135)(H,109,130)(H,110,131)(H,115,116)(H,117,118)(H,119,120)(H,136,137)/t43-,48+,51+,52+,53+,54+,55+,56+,57+,58+,59+,60+,61+,62+,63+,70+,71+/m1/s1. The van der Waals surface area contributed by atoms with E-state index in [1.54, 1.807) is 82.4 Å². The first-order valence-corrected chi connectivity index (χ1v) is 46.1. The normalized spacial score (nSPS) is 15.0. The number of nitrogens with two attached hydrogens (primary N) is 6. The Morgan fingerprint density at radius 2 is 0.640 bits per heavy atom. The molecule has 0 bridgehead atoms. The molecule has 0 aliphatic heterocycles. The van der Waals surface area contributed by atoms with Gasteiger partial charge in [-0.25, -0.2) is 4.79 Å². The summed E-state index contributed by atoms with van der Waals surface area (Å²) in [5, 5.41) is 87.0. The quantitative estimate of drug-likeness (QED) is 0.0144. The lowest BCUT2D eigenvalue weighted by Gasteiger charge is -2.29. The molecule has 0 aliphatic rings. The molecule has 0 aliphatic carbocycles. The van der Waals surface area contributed by atoms with Gasteiger partial charge in [0, 0.05) is 71.4 Å². The van der Waals surface area contributed by atoms with Crippen LogP contribution in [0.25, 0.3) is 21.8 Å². The number of benzene rings is 2. The maximum absolute atomic E-state index is 14.9. The number of primary amides is 3. The Morgan fingerprint density at radius 1 is 0.331 bits per heavy atom. The predicted octanol–water partition coefficient (Wildman–Crippen LogP) is -6.80. The van der Waals surface area contributed by atoms with Crippen LogP contribution in [0.2, 0.25) is 0 Å². The van der Waals surface area contributed by atoms with Crippen LogP contribution >= 0.6 is 25.3 Å². The topological polar surface area (TPSA) is 845 Å². The van der Waals surface area contributed by atoms with E-state index in [1.807, 2.05) is 0 Å². The molecule has 2 aromatic carbocycles. The molecule has 0 unspecified atom stereocenters. The highest BCUT2D eigenvalue weighted by Crippen LogP contribution is 2.23. The molecule has 768 valence electrons. The molecule has 18 amide bonds. The fraction of sp³-hybridized carbons (Fsp3) is 0.563. The van der Waals surface area contributed by atoms with Gasteiger partial charge >= 0.3 is 23.9 Å². The van der Waals surface area contributed by atoms with E-state index in [4.69, 9.17) is 34.4 Å². The highest BCUT2D eigenvalue weighted by molar-refractivity contribution is 7.80. The molecule has 139 heavy (non-hydrogen) atoms. The number of unbranched alkanes of at least 4 members (excludes halogenated alkanes) is 2. The van der Waals surface area contributed by atoms with Crippen LogP contribution in [0.5, 0.6) is 0 Å². The Labute approximate surface area is 809 Å². The Balaban J connectivity index is 1.63. The zero-order valence-corrected chi connectivity index (χ0v) is 79.7. The van der Waals surface area contributed by atoms with E-state index in [-0.39, 0.29) is 82.7 Å². The monoisotopic (exact) mass is 1990 g/mol. The molecule has 2 aromatic heterocycles. The third kappa shape index (κ3) is 40.5. The van der Waals surface area contributed by atoms with Crippen LogP contribution < -0.4 is 114 Å². The highest BCUT2D eigenvalue weighted by Gasteiger charge is 2.42. The molecule has 0 saturated carbocycles. The van der Waals surface area contributed by atoms with Crippen LogP contribution in [0.15, 0.2) is 60.9 Å². The number of rotatable bonds is 65. The number of aliphatic hydroxyl groups is 1. The van der Waals surface area contributed by atoms with Gasteiger partial charge in [0.15, 0.2) is 0 Å². The first-order chi connectivity index (χ1) is 65.4. The van der Waals surface area contributed by atoms with Gasteiger partial charge in [0.25, 0.3) is 0 Å². The Morgan fingerprint density at radius 3 is 1.00 bits per heavy atom. The first-order valence-electron chi connectivity index (χ1n) is 44.9. The lowest BCUT2D eigenvalue weighted by molar-refractivity contribution is -0.143. The Bertz CT molecular complexity index is 4990. The molecule has 0 radical (unpaired) electrons. The number of carbonyl (C=O) groups is 22. The van der Waals surface area contributed by atoms with Gasteiger partial charge in [-0.15, -0.1) is 0 Å². The number of H-pyrrole nitrogens is 2. The summed E-state index contributed by atoms with van der Waals surface area (Å²) in [6.07, 6.45) is -6.84. The maximum atomic E-state index is 14.9. The van der Waals surface area contributed by atoms with Crippen molar-refractivity contribution in [1.29, 1.82) is 0 Å². The number of aliphatic carboxylic acids is 4. The van der Waals surface area contributed by atoms with Gasteiger partial charge in [0.2, 0.25) is 106 Å². The van der Waals surface area contributed by atoms with E-state index in [0.29, 0.717) is 32.9 Å². The molecule has 0 spiro atoms. The molecule has 0 saturated heterocycles. The minimum atomic E-state index is -2.20. The summed E-state index contributed by atoms with van der Waals surface area (Å²) < 4.78 is 0. The first kappa shape index (κ1) is 118. The van der Waals surface area contributed by atoms with Crippen molar-refractivity contribution >= 4 is 177 Å². The van der Waals surface area contributed by atoms with Crippen LogP contribution in [0.1, 0.15) is 162 Å². The van der Waals surface area contributed by atoms with Crippen molar-refractivity contribution in [2.75, 3.05) is 24.6 Å². The summed E-state index contributed by atoms with van der Waals surface area (Å²) in [4.78, 5) is 306. The van der Waals surface area contributed by atoms with Crippen LogP contribution in [-0.2, 0) is 118 Å². The van der Waals surface area contributed by atoms with Gasteiger partial charge in [-0.05, 0) is 125 Å². The number of aromatic nitrogens is 2. The number of aliphatic hydroxyl groups excluding tert-OH is 1. The van der Waals surface area contributed by atoms with Crippen molar-refractivity contribution in [2.45, 2.75) is 267 Å². The molecule has 50 nitrogen and oxygen atoms in total. The summed E-state index contributed by atoms with van der Waals surface area (Å²) in [6.45, 7) is 10.9. The van der Waals surface area contributed by atoms with Gasteiger partial charge in [-0.3, -0.25) is 101 Å². The van der Waals surface area contributed by atoms with E-state index in [9.17, 15) is 131 Å². The van der Waals surface area contributed by atoms with Crippen LogP contribution in [-0.4, -0.2) is 293 Å². The number of carboxylic acid groups (broad SMARTS) is 4. The Kier molecular flexibility index (Phi) is 49.8. The number of hydrogen-bond acceptors (Lipinski definition) is 28. The lowest BCUT2D eigenvalue weighted by Crippen LogP contribution is -2.62. The molecular formula is C87H131N23O27S2. The zero-order chi connectivity index (χ0) is 104. The van der Waals surface area contributed by atoms with Crippen molar-refractivity contribution in [2.24, 2.45) is 52.2 Å². The van der Waals surface area contributed by atoms with Crippen molar-refractivity contribution < 1.29 is 131 Å². The third-order valence-electron chi connectivity index (χ3n) is 21.6. The second-order valence-electron chi connectivity index (χ2n) is 34.5. The van der Waals surface area contributed by atoms with Crippen molar-refractivity contribution in [3.63, 3.8) is 0 Å². The number of para-hydroxylation sites is 2. The van der Waals surface area contributed by atoms with Gasteiger partial charge < -0.3 is 150 Å². The number of fused-ring (bicyclic) bond motifs is 2. The predicted molar refractivity (Wildman–Crippen MR) is 505 cm³/mol. The zero-order valence-electron chi connectivity index (χ0n) is 78.0. The summed E-state index contributed by atoms with van der Waals surface area (Å²) in [7, 11) is 0. The minimum Gasteiger partial charge on any atom is -0.481 e. The lowest BCUT2D eigenvalue weighted by atomic mass is 10.00. The van der Waals surface area contributed by atoms with Gasteiger partial charge in [-0.1, -0.05) is 77.9 Å². The Hall–Kier alpha value is -13.6. The molecule has 34 N–H and O–H groups in total. The molecule has 4 rings (SSSR count). The molecule has 17 atom stereocenters. The van der Waals surface area contributed by atoms with E-state index in [0.717, 1.165) is 6.92 Å². The average Bonchev–Trinajstić information content (AvgIpc) is 1.68. The van der Waals surface area contributed by atoms with Crippen molar-refractivity contribution in [1.82, 2.24) is 89.7 Å². The van der Waals surface area contributed by atoms with Crippen LogP contribution in [0.3, 0.4) is 0 Å². The van der Waals surface area contributed by atoms with E-state index in [2.05, 4.69) is 115 Å². The van der Waals surface area contributed by atoms with Crippen molar-refractivity contribution in [3.05, 3.63) is 72.1 Å². The fourth-order valence-electron chi connectivity index (χ4n) is 14.3. The smallest absolute Gasteiger partial charge is 0.326 e. The second-order valence-corrected chi connectivity index (χ2v) is 35.2. The van der Waals surface area contributed by atoms with Gasteiger partial charge in [0.05, 0.1) is 37.8 Å². The number of carbonyl (C=O) groups excluding carboxylic acids is 18. The van der Waals surface area contributed by atoms with Crippen LogP contribution in [0.4, 0.5) is 0 Å². The van der Waals surface area contributed by atoms with Crippen LogP contribution in [0, 0.1) is 17.8 Å². The number of hydrogen-bond donors (Lipinski definition) is 30. The minimum absolute atomic E-state index is 0.00622. The number of thiol groups is 2. The molecule has 0 fully saturated rings.